The molecule has 0 saturated heterocycles. The first-order valence-electron chi connectivity index (χ1n) is 4.73. The average molecular weight is 298 g/mol. The van der Waals surface area contributed by atoms with Gasteiger partial charge in [0.1, 0.15) is 5.56 Å². The van der Waals surface area contributed by atoms with Crippen LogP contribution in [0.3, 0.4) is 0 Å². The molecule has 0 atom stereocenters. The van der Waals surface area contributed by atoms with Gasteiger partial charge in [-0.3, -0.25) is 4.79 Å². The van der Waals surface area contributed by atoms with Gasteiger partial charge < -0.3 is 10.6 Å². The molecule has 0 heterocycles. The average Bonchev–Trinajstić information content (AvgIpc) is 2.33. The molecule has 0 saturated carbocycles. The lowest BCUT2D eigenvalue weighted by Gasteiger charge is -2.17. The van der Waals surface area contributed by atoms with Gasteiger partial charge in [0.25, 0.3) is 5.91 Å². The van der Waals surface area contributed by atoms with Crippen LogP contribution in [-0.4, -0.2) is 29.4 Å². The molecule has 1 aromatic rings. The van der Waals surface area contributed by atoms with Crippen LogP contribution in [0.25, 0.3) is 0 Å². The molecule has 104 valence electrons. The van der Waals surface area contributed by atoms with E-state index in [9.17, 15) is 26.7 Å². The van der Waals surface area contributed by atoms with Crippen molar-refractivity contribution in [3.8, 4) is 0 Å². The fraction of sp³-hybridized carbons (Fsp3) is 0.200. The van der Waals surface area contributed by atoms with E-state index in [4.69, 9.17) is 5.73 Å². The standard InChI is InChI=1S/C10H7F5N2OS/c1-17(2-3(16)19)10(18)4-5(11)7(13)9(15)8(14)6(4)12/h2H2,1H3,(H2,16,19). The van der Waals surface area contributed by atoms with Crippen molar-refractivity contribution >= 4 is 23.1 Å². The molecule has 0 aliphatic carbocycles. The molecule has 0 radical (unpaired) electrons. The van der Waals surface area contributed by atoms with Crippen molar-refractivity contribution in [2.45, 2.75) is 0 Å². The van der Waals surface area contributed by atoms with Gasteiger partial charge in [0.2, 0.25) is 5.82 Å². The highest BCUT2D eigenvalue weighted by Crippen LogP contribution is 2.23. The Balaban J connectivity index is 3.35. The van der Waals surface area contributed by atoms with Gasteiger partial charge in [0.15, 0.2) is 23.3 Å². The first-order chi connectivity index (χ1) is 8.68. The minimum absolute atomic E-state index is 0.181. The van der Waals surface area contributed by atoms with Gasteiger partial charge in [-0.2, -0.15) is 0 Å². The molecule has 0 bridgehead atoms. The Hall–Kier alpha value is -1.77. The number of hydrogen-bond acceptors (Lipinski definition) is 2. The highest BCUT2D eigenvalue weighted by Gasteiger charge is 2.31. The van der Waals surface area contributed by atoms with Crippen LogP contribution in [0.4, 0.5) is 22.0 Å². The Kier molecular flexibility index (Phi) is 4.40. The third-order valence-electron chi connectivity index (χ3n) is 2.16. The Morgan fingerprint density at radius 1 is 1.05 bits per heavy atom. The number of rotatable bonds is 3. The zero-order chi connectivity index (χ0) is 14.9. The van der Waals surface area contributed by atoms with Crippen LogP contribution in [0.5, 0.6) is 0 Å². The summed E-state index contributed by atoms with van der Waals surface area (Å²) >= 11 is 4.47. The molecule has 9 heteroatoms. The summed E-state index contributed by atoms with van der Waals surface area (Å²) in [5.41, 5.74) is 3.57. The Morgan fingerprint density at radius 3 is 1.79 bits per heavy atom. The molecule has 1 aromatic carbocycles. The summed E-state index contributed by atoms with van der Waals surface area (Å²) in [5.74, 6) is -12.5. The molecule has 0 aliphatic heterocycles. The summed E-state index contributed by atoms with van der Waals surface area (Å²) in [6.45, 7) is -0.367. The van der Waals surface area contributed by atoms with E-state index >= 15 is 0 Å². The summed E-state index contributed by atoms with van der Waals surface area (Å²) in [7, 11) is 1.06. The molecule has 0 aliphatic rings. The number of benzene rings is 1. The van der Waals surface area contributed by atoms with Gasteiger partial charge in [-0.05, 0) is 0 Å². The molecular weight excluding hydrogens is 291 g/mol. The molecule has 0 aromatic heterocycles. The van der Waals surface area contributed by atoms with Crippen LogP contribution in [-0.2, 0) is 0 Å². The third kappa shape index (κ3) is 2.80. The van der Waals surface area contributed by atoms with E-state index in [1.54, 1.807) is 0 Å². The summed E-state index contributed by atoms with van der Waals surface area (Å²) in [4.78, 5) is 12.1. The Morgan fingerprint density at radius 2 is 1.42 bits per heavy atom. The van der Waals surface area contributed by atoms with Crippen molar-refractivity contribution in [2.75, 3.05) is 13.6 Å². The molecule has 0 unspecified atom stereocenters. The van der Waals surface area contributed by atoms with Gasteiger partial charge >= 0.3 is 0 Å². The van der Waals surface area contributed by atoms with Gasteiger partial charge in [-0.15, -0.1) is 0 Å². The van der Waals surface area contributed by atoms with Crippen LogP contribution >= 0.6 is 12.2 Å². The number of thiocarbonyl (C=S) groups is 1. The Labute approximate surface area is 109 Å². The third-order valence-corrected chi connectivity index (χ3v) is 2.29. The second-order valence-corrected chi connectivity index (χ2v) is 4.10. The molecule has 19 heavy (non-hydrogen) atoms. The van der Waals surface area contributed by atoms with Crippen molar-refractivity contribution in [3.63, 3.8) is 0 Å². The lowest BCUT2D eigenvalue weighted by Crippen LogP contribution is -2.35. The van der Waals surface area contributed by atoms with E-state index in [-0.39, 0.29) is 11.5 Å². The van der Waals surface area contributed by atoms with Crippen molar-refractivity contribution < 1.29 is 26.7 Å². The van der Waals surface area contributed by atoms with Crippen LogP contribution in [0.15, 0.2) is 0 Å². The summed E-state index contributed by atoms with van der Waals surface area (Å²) < 4.78 is 65.2. The maximum atomic E-state index is 13.3. The Bertz CT molecular complexity index is 534. The monoisotopic (exact) mass is 298 g/mol. The fourth-order valence-corrected chi connectivity index (χ4v) is 1.48. The van der Waals surface area contributed by atoms with E-state index in [0.717, 1.165) is 7.05 Å². The van der Waals surface area contributed by atoms with E-state index < -0.39 is 40.6 Å². The number of nitrogens with two attached hydrogens (primary N) is 1. The molecule has 0 fully saturated rings. The van der Waals surface area contributed by atoms with Gasteiger partial charge in [0, 0.05) is 7.05 Å². The van der Waals surface area contributed by atoms with Crippen LogP contribution in [0.2, 0.25) is 0 Å². The minimum Gasteiger partial charge on any atom is -0.392 e. The van der Waals surface area contributed by atoms with Crippen molar-refractivity contribution in [1.29, 1.82) is 0 Å². The quantitative estimate of drug-likeness (QED) is 0.400. The predicted molar refractivity (Wildman–Crippen MR) is 60.0 cm³/mol. The molecule has 3 nitrogen and oxygen atoms in total. The van der Waals surface area contributed by atoms with E-state index in [0.29, 0.717) is 4.90 Å². The van der Waals surface area contributed by atoms with E-state index in [1.807, 2.05) is 0 Å². The zero-order valence-corrected chi connectivity index (χ0v) is 10.3. The number of hydrogen-bond donors (Lipinski definition) is 1. The number of nitrogens with zero attached hydrogens (tertiary/aromatic N) is 1. The highest BCUT2D eigenvalue weighted by molar-refractivity contribution is 7.80. The maximum Gasteiger partial charge on any atom is 0.260 e. The van der Waals surface area contributed by atoms with Gasteiger partial charge in [0.05, 0.1) is 11.5 Å². The minimum atomic E-state index is -2.33. The lowest BCUT2D eigenvalue weighted by atomic mass is 10.1. The van der Waals surface area contributed by atoms with Crippen molar-refractivity contribution in [2.24, 2.45) is 5.73 Å². The number of carbonyl (C=O) groups excluding carboxylic acids is 1. The lowest BCUT2D eigenvalue weighted by molar-refractivity contribution is 0.0802. The highest BCUT2D eigenvalue weighted by atomic mass is 32.1. The number of halogens is 5. The molecular formula is C10H7F5N2OS. The molecule has 1 amide bonds. The zero-order valence-electron chi connectivity index (χ0n) is 9.44. The normalized spacial score (nSPS) is 10.4. The SMILES string of the molecule is CN(CC(N)=S)C(=O)c1c(F)c(F)c(F)c(F)c1F. The number of amides is 1. The second-order valence-electron chi connectivity index (χ2n) is 3.57. The van der Waals surface area contributed by atoms with Crippen LogP contribution in [0.1, 0.15) is 10.4 Å². The first-order valence-corrected chi connectivity index (χ1v) is 5.14. The van der Waals surface area contributed by atoms with Crippen molar-refractivity contribution in [1.82, 2.24) is 4.90 Å². The summed E-state index contributed by atoms with van der Waals surface area (Å²) in [6.07, 6.45) is 0. The van der Waals surface area contributed by atoms with Crippen molar-refractivity contribution in [3.05, 3.63) is 34.6 Å². The van der Waals surface area contributed by atoms with Gasteiger partial charge in [-0.25, -0.2) is 22.0 Å². The largest absolute Gasteiger partial charge is 0.392 e. The second kappa shape index (κ2) is 5.47. The van der Waals surface area contributed by atoms with E-state index in [2.05, 4.69) is 12.2 Å². The van der Waals surface area contributed by atoms with Crippen LogP contribution < -0.4 is 5.73 Å². The van der Waals surface area contributed by atoms with Gasteiger partial charge in [-0.1, -0.05) is 12.2 Å². The first kappa shape index (κ1) is 15.3. The summed E-state index contributed by atoms with van der Waals surface area (Å²) in [5, 5.41) is 0. The maximum absolute atomic E-state index is 13.3. The topological polar surface area (TPSA) is 46.3 Å². The van der Waals surface area contributed by atoms with Crippen LogP contribution in [0, 0.1) is 29.1 Å². The molecule has 2 N–H and O–H groups in total. The smallest absolute Gasteiger partial charge is 0.260 e. The summed E-state index contributed by atoms with van der Waals surface area (Å²) in [6, 6.07) is 0. The number of likely N-dealkylation sites (N-methyl/N-ethyl adjacent to an activating group) is 1. The molecule has 1 rings (SSSR count). The van der Waals surface area contributed by atoms with E-state index in [1.165, 1.54) is 0 Å². The molecule has 0 spiro atoms. The number of carbonyl (C=O) groups is 1. The fourth-order valence-electron chi connectivity index (χ4n) is 1.29. The predicted octanol–water partition coefficient (Wildman–Crippen LogP) is 1.74.